The molecule has 0 spiro atoms. The van der Waals surface area contributed by atoms with Crippen molar-refractivity contribution in [3.05, 3.63) is 39.6 Å². The SMILES string of the molecule is Cc1cc(N)nn1-c1ccccc1I. The zero-order chi connectivity index (χ0) is 10.1. The Morgan fingerprint density at radius 1 is 1.36 bits per heavy atom. The van der Waals surface area contributed by atoms with Crippen LogP contribution in [0.3, 0.4) is 0 Å². The van der Waals surface area contributed by atoms with Crippen molar-refractivity contribution in [2.45, 2.75) is 6.92 Å². The van der Waals surface area contributed by atoms with Crippen LogP contribution >= 0.6 is 22.6 Å². The lowest BCUT2D eigenvalue weighted by Gasteiger charge is -2.05. The Kier molecular flexibility index (Phi) is 2.45. The van der Waals surface area contributed by atoms with Crippen LogP contribution in [0.15, 0.2) is 30.3 Å². The lowest BCUT2D eigenvalue weighted by molar-refractivity contribution is 0.847. The Labute approximate surface area is 96.1 Å². The summed E-state index contributed by atoms with van der Waals surface area (Å²) in [5, 5.41) is 4.23. The average molecular weight is 299 g/mol. The molecule has 0 saturated carbocycles. The standard InChI is InChI=1S/C10H10IN3/c1-7-6-10(12)13-14(7)9-5-3-2-4-8(9)11/h2-6H,1H3,(H2,12,13). The number of anilines is 1. The maximum Gasteiger partial charge on any atom is 0.146 e. The summed E-state index contributed by atoms with van der Waals surface area (Å²) in [7, 11) is 0. The third-order valence-electron chi connectivity index (χ3n) is 1.99. The van der Waals surface area contributed by atoms with E-state index in [2.05, 4.69) is 27.7 Å². The number of nitrogens with zero attached hydrogens (tertiary/aromatic N) is 2. The molecule has 2 aromatic rings. The Morgan fingerprint density at radius 2 is 2.07 bits per heavy atom. The van der Waals surface area contributed by atoms with Gasteiger partial charge in [-0.15, -0.1) is 0 Å². The van der Waals surface area contributed by atoms with Gasteiger partial charge >= 0.3 is 0 Å². The molecule has 3 nitrogen and oxygen atoms in total. The van der Waals surface area contributed by atoms with Crippen molar-refractivity contribution in [1.29, 1.82) is 0 Å². The minimum absolute atomic E-state index is 0.558. The quantitative estimate of drug-likeness (QED) is 0.822. The molecule has 1 aromatic carbocycles. The van der Waals surface area contributed by atoms with Gasteiger partial charge in [0, 0.05) is 15.3 Å². The number of nitrogen functional groups attached to an aromatic ring is 1. The van der Waals surface area contributed by atoms with Crippen molar-refractivity contribution >= 4 is 28.4 Å². The van der Waals surface area contributed by atoms with Crippen molar-refractivity contribution in [3.63, 3.8) is 0 Å². The Morgan fingerprint density at radius 3 is 2.64 bits per heavy atom. The van der Waals surface area contributed by atoms with E-state index in [1.54, 1.807) is 0 Å². The molecule has 0 unspecified atom stereocenters. The van der Waals surface area contributed by atoms with Crippen LogP contribution in [0.25, 0.3) is 5.69 Å². The van der Waals surface area contributed by atoms with Gasteiger partial charge in [-0.2, -0.15) is 5.10 Å². The fraction of sp³-hybridized carbons (Fsp3) is 0.100. The number of aryl methyl sites for hydroxylation is 1. The first-order valence-electron chi connectivity index (χ1n) is 4.25. The van der Waals surface area contributed by atoms with Crippen molar-refractivity contribution in [2.24, 2.45) is 0 Å². The van der Waals surface area contributed by atoms with Gasteiger partial charge in [0.05, 0.1) is 5.69 Å². The molecule has 0 bridgehead atoms. The summed E-state index contributed by atoms with van der Waals surface area (Å²) in [6, 6.07) is 9.94. The van der Waals surface area contributed by atoms with Crippen molar-refractivity contribution in [3.8, 4) is 5.69 Å². The highest BCUT2D eigenvalue weighted by atomic mass is 127. The monoisotopic (exact) mass is 299 g/mol. The summed E-state index contributed by atoms with van der Waals surface area (Å²) < 4.78 is 3.02. The molecule has 0 saturated heterocycles. The molecule has 1 heterocycles. The number of hydrogen-bond donors (Lipinski definition) is 1. The van der Waals surface area contributed by atoms with Gasteiger partial charge < -0.3 is 5.73 Å². The summed E-state index contributed by atoms with van der Waals surface area (Å²) in [6.45, 7) is 1.99. The zero-order valence-corrected chi connectivity index (χ0v) is 9.89. The summed E-state index contributed by atoms with van der Waals surface area (Å²) in [4.78, 5) is 0. The molecular weight excluding hydrogens is 289 g/mol. The highest BCUT2D eigenvalue weighted by Crippen LogP contribution is 2.18. The number of hydrogen-bond acceptors (Lipinski definition) is 2. The van der Waals surface area contributed by atoms with Crippen LogP contribution < -0.4 is 5.73 Å². The second-order valence-electron chi connectivity index (χ2n) is 3.07. The summed E-state index contributed by atoms with van der Waals surface area (Å²) in [5.74, 6) is 0.558. The van der Waals surface area contributed by atoms with E-state index in [9.17, 15) is 0 Å². The molecule has 0 aliphatic heterocycles. The topological polar surface area (TPSA) is 43.8 Å². The number of nitrogens with two attached hydrogens (primary N) is 1. The number of halogens is 1. The van der Waals surface area contributed by atoms with Crippen LogP contribution in [-0.4, -0.2) is 9.78 Å². The number of rotatable bonds is 1. The van der Waals surface area contributed by atoms with Gasteiger partial charge in [-0.3, -0.25) is 0 Å². The van der Waals surface area contributed by atoms with E-state index in [0.717, 1.165) is 15.0 Å². The normalized spacial score (nSPS) is 10.4. The molecule has 4 heteroatoms. The lowest BCUT2D eigenvalue weighted by Crippen LogP contribution is -2.01. The molecule has 0 amide bonds. The van der Waals surface area contributed by atoms with E-state index in [1.807, 2.05) is 41.9 Å². The van der Waals surface area contributed by atoms with E-state index >= 15 is 0 Å². The lowest BCUT2D eigenvalue weighted by atomic mass is 10.3. The Hall–Kier alpha value is -1.04. The highest BCUT2D eigenvalue weighted by molar-refractivity contribution is 14.1. The maximum atomic E-state index is 5.63. The van der Waals surface area contributed by atoms with Crippen molar-refractivity contribution in [1.82, 2.24) is 9.78 Å². The summed E-state index contributed by atoms with van der Waals surface area (Å²) in [5.41, 5.74) is 7.75. The van der Waals surface area contributed by atoms with E-state index in [0.29, 0.717) is 5.82 Å². The number of para-hydroxylation sites is 1. The van der Waals surface area contributed by atoms with Gasteiger partial charge in [-0.1, -0.05) is 12.1 Å². The third kappa shape index (κ3) is 1.61. The van der Waals surface area contributed by atoms with Gasteiger partial charge in [-0.25, -0.2) is 4.68 Å². The molecule has 0 fully saturated rings. The van der Waals surface area contributed by atoms with Crippen LogP contribution in [-0.2, 0) is 0 Å². The molecular formula is C10H10IN3. The van der Waals surface area contributed by atoms with Gasteiger partial charge in [0.15, 0.2) is 0 Å². The average Bonchev–Trinajstić information content (AvgIpc) is 2.46. The molecule has 1 aromatic heterocycles. The van der Waals surface area contributed by atoms with Crippen LogP contribution in [0, 0.1) is 10.5 Å². The highest BCUT2D eigenvalue weighted by Gasteiger charge is 2.06. The Balaban J connectivity index is 2.60. The molecule has 0 atom stereocenters. The van der Waals surface area contributed by atoms with Gasteiger partial charge in [-0.05, 0) is 41.6 Å². The van der Waals surface area contributed by atoms with Crippen molar-refractivity contribution in [2.75, 3.05) is 5.73 Å². The van der Waals surface area contributed by atoms with E-state index in [-0.39, 0.29) is 0 Å². The predicted octanol–water partition coefficient (Wildman–Crippen LogP) is 2.37. The van der Waals surface area contributed by atoms with E-state index < -0.39 is 0 Å². The fourth-order valence-electron chi connectivity index (χ4n) is 1.37. The smallest absolute Gasteiger partial charge is 0.146 e. The summed E-state index contributed by atoms with van der Waals surface area (Å²) >= 11 is 2.29. The van der Waals surface area contributed by atoms with Crippen LogP contribution in [0.2, 0.25) is 0 Å². The summed E-state index contributed by atoms with van der Waals surface area (Å²) in [6.07, 6.45) is 0. The molecule has 2 N–H and O–H groups in total. The third-order valence-corrected chi connectivity index (χ3v) is 2.90. The largest absolute Gasteiger partial charge is 0.382 e. The second-order valence-corrected chi connectivity index (χ2v) is 4.24. The molecule has 0 radical (unpaired) electrons. The minimum Gasteiger partial charge on any atom is -0.382 e. The molecule has 2 rings (SSSR count). The van der Waals surface area contributed by atoms with Crippen LogP contribution in [0.4, 0.5) is 5.82 Å². The number of benzene rings is 1. The molecule has 14 heavy (non-hydrogen) atoms. The van der Waals surface area contributed by atoms with Crippen LogP contribution in [0.1, 0.15) is 5.69 Å². The first-order chi connectivity index (χ1) is 6.68. The van der Waals surface area contributed by atoms with Crippen LogP contribution in [0.5, 0.6) is 0 Å². The molecule has 0 aliphatic carbocycles. The minimum atomic E-state index is 0.558. The fourth-order valence-corrected chi connectivity index (χ4v) is 1.98. The second kappa shape index (κ2) is 3.61. The van der Waals surface area contributed by atoms with E-state index in [1.165, 1.54) is 0 Å². The van der Waals surface area contributed by atoms with E-state index in [4.69, 9.17) is 5.73 Å². The molecule has 0 aliphatic rings. The predicted molar refractivity (Wildman–Crippen MR) is 65.4 cm³/mol. The van der Waals surface area contributed by atoms with Gasteiger partial charge in [0.2, 0.25) is 0 Å². The van der Waals surface area contributed by atoms with Crippen molar-refractivity contribution < 1.29 is 0 Å². The zero-order valence-electron chi connectivity index (χ0n) is 7.74. The Bertz CT molecular complexity index is 462. The first-order valence-corrected chi connectivity index (χ1v) is 5.33. The molecule has 72 valence electrons. The first kappa shape index (κ1) is 9.51. The number of aromatic nitrogens is 2. The van der Waals surface area contributed by atoms with Gasteiger partial charge in [0.1, 0.15) is 5.82 Å². The van der Waals surface area contributed by atoms with Gasteiger partial charge in [0.25, 0.3) is 0 Å². The maximum absolute atomic E-state index is 5.63.